The predicted octanol–water partition coefficient (Wildman–Crippen LogP) is 3.72. The molecule has 0 bridgehead atoms. The zero-order valence-electron chi connectivity index (χ0n) is 8.70. The van der Waals surface area contributed by atoms with Crippen LogP contribution in [0.15, 0.2) is 48.5 Å². The van der Waals surface area contributed by atoms with Crippen molar-refractivity contribution in [3.63, 3.8) is 0 Å². The number of hydrogen-bond acceptors (Lipinski definition) is 0. The van der Waals surface area contributed by atoms with Gasteiger partial charge in [0.1, 0.15) is 5.82 Å². The third-order valence-electron chi connectivity index (χ3n) is 2.40. The van der Waals surface area contributed by atoms with Crippen LogP contribution < -0.4 is 0 Å². The van der Waals surface area contributed by atoms with Crippen molar-refractivity contribution in [3.05, 3.63) is 71.0 Å². The summed E-state index contributed by atoms with van der Waals surface area (Å²) in [6.07, 6.45) is 0.863. The summed E-state index contributed by atoms with van der Waals surface area (Å²) in [7, 11) is 0. The predicted molar refractivity (Wildman–Crippen MR) is 60.4 cm³/mol. The number of hydrogen-bond donors (Lipinski definition) is 0. The minimum absolute atomic E-state index is 0.178. The zero-order chi connectivity index (χ0) is 10.7. The Morgan fingerprint density at radius 3 is 2.33 bits per heavy atom. The zero-order valence-corrected chi connectivity index (χ0v) is 8.70. The summed E-state index contributed by atoms with van der Waals surface area (Å²) in [6, 6.07) is 15.0. The van der Waals surface area contributed by atoms with Crippen LogP contribution in [-0.4, -0.2) is 0 Å². The van der Waals surface area contributed by atoms with Crippen LogP contribution in [0.25, 0.3) is 0 Å². The summed E-state index contributed by atoms with van der Waals surface area (Å²) in [4.78, 5) is 0. The third kappa shape index (κ3) is 2.66. The molecule has 15 heavy (non-hydrogen) atoms. The second kappa shape index (κ2) is 4.26. The third-order valence-corrected chi connectivity index (χ3v) is 2.40. The van der Waals surface area contributed by atoms with Crippen molar-refractivity contribution in [1.82, 2.24) is 0 Å². The first-order chi connectivity index (χ1) is 7.24. The van der Waals surface area contributed by atoms with E-state index in [9.17, 15) is 4.39 Å². The summed E-state index contributed by atoms with van der Waals surface area (Å²) in [5.41, 5.74) is 3.67. The van der Waals surface area contributed by atoms with Gasteiger partial charge in [0.25, 0.3) is 0 Å². The Bertz CT molecular complexity index is 443. The van der Waals surface area contributed by atoms with E-state index >= 15 is 0 Å². The fourth-order valence-electron chi connectivity index (χ4n) is 1.66. The van der Waals surface area contributed by atoms with Crippen molar-refractivity contribution in [1.29, 1.82) is 0 Å². The fourth-order valence-corrected chi connectivity index (χ4v) is 1.66. The van der Waals surface area contributed by atoms with Crippen molar-refractivity contribution in [2.24, 2.45) is 0 Å². The Morgan fingerprint density at radius 2 is 1.67 bits per heavy atom. The lowest BCUT2D eigenvalue weighted by atomic mass is 10.0. The molecule has 0 aromatic heterocycles. The van der Waals surface area contributed by atoms with Gasteiger partial charge in [0, 0.05) is 0 Å². The van der Waals surface area contributed by atoms with E-state index in [1.165, 1.54) is 23.3 Å². The summed E-state index contributed by atoms with van der Waals surface area (Å²) in [5, 5.41) is 0. The second-order valence-electron chi connectivity index (χ2n) is 3.79. The fraction of sp³-hybridized carbons (Fsp3) is 0.143. The topological polar surface area (TPSA) is 0 Å². The number of halogens is 1. The van der Waals surface area contributed by atoms with Crippen LogP contribution in [0.5, 0.6) is 0 Å². The van der Waals surface area contributed by atoms with Crippen LogP contribution in [0.3, 0.4) is 0 Å². The Morgan fingerprint density at radius 1 is 0.933 bits per heavy atom. The van der Waals surface area contributed by atoms with Crippen LogP contribution >= 0.6 is 0 Å². The smallest absolute Gasteiger partial charge is 0.123 e. The van der Waals surface area contributed by atoms with Gasteiger partial charge in [-0.2, -0.15) is 0 Å². The first-order valence-corrected chi connectivity index (χ1v) is 5.04. The highest BCUT2D eigenvalue weighted by Gasteiger charge is 1.97. The molecular weight excluding hydrogens is 187 g/mol. The summed E-state index contributed by atoms with van der Waals surface area (Å²) < 4.78 is 12.7. The van der Waals surface area contributed by atoms with E-state index in [-0.39, 0.29) is 5.82 Å². The molecule has 0 unspecified atom stereocenters. The molecule has 0 atom stereocenters. The highest BCUT2D eigenvalue weighted by Crippen LogP contribution is 2.11. The number of benzene rings is 2. The van der Waals surface area contributed by atoms with Crippen molar-refractivity contribution in [2.75, 3.05) is 0 Å². The van der Waals surface area contributed by atoms with Crippen LogP contribution in [-0.2, 0) is 6.42 Å². The highest BCUT2D eigenvalue weighted by atomic mass is 19.1. The molecule has 2 aromatic carbocycles. The maximum atomic E-state index is 12.7. The molecule has 0 nitrogen and oxygen atoms in total. The van der Waals surface area contributed by atoms with Gasteiger partial charge in [0.15, 0.2) is 0 Å². The van der Waals surface area contributed by atoms with Gasteiger partial charge in [0.05, 0.1) is 0 Å². The lowest BCUT2D eigenvalue weighted by Crippen LogP contribution is -1.88. The SMILES string of the molecule is Cc1cccc(Cc2ccc(F)cc2)c1. The molecule has 0 heterocycles. The average Bonchev–Trinajstić information content (AvgIpc) is 2.22. The first-order valence-electron chi connectivity index (χ1n) is 5.04. The van der Waals surface area contributed by atoms with Crippen LogP contribution in [0, 0.1) is 12.7 Å². The van der Waals surface area contributed by atoms with E-state index in [1.807, 2.05) is 18.2 Å². The van der Waals surface area contributed by atoms with Gasteiger partial charge in [-0.25, -0.2) is 4.39 Å². The summed E-state index contributed by atoms with van der Waals surface area (Å²) in [6.45, 7) is 2.08. The monoisotopic (exact) mass is 200 g/mol. The average molecular weight is 200 g/mol. The molecule has 0 aliphatic carbocycles. The van der Waals surface area contributed by atoms with E-state index in [2.05, 4.69) is 25.1 Å². The minimum atomic E-state index is -0.178. The van der Waals surface area contributed by atoms with E-state index in [0.717, 1.165) is 12.0 Å². The Hall–Kier alpha value is -1.63. The standard InChI is InChI=1S/C14H13F/c1-11-3-2-4-13(9-11)10-12-5-7-14(15)8-6-12/h2-9H,10H2,1H3. The maximum Gasteiger partial charge on any atom is 0.123 e. The molecule has 0 amide bonds. The highest BCUT2D eigenvalue weighted by molar-refractivity contribution is 5.28. The molecule has 0 spiro atoms. The minimum Gasteiger partial charge on any atom is -0.207 e. The van der Waals surface area contributed by atoms with Gasteiger partial charge in [-0.3, -0.25) is 0 Å². The van der Waals surface area contributed by atoms with Crippen LogP contribution in [0.1, 0.15) is 16.7 Å². The Labute approximate surface area is 89.4 Å². The van der Waals surface area contributed by atoms with Gasteiger partial charge in [-0.1, -0.05) is 42.0 Å². The van der Waals surface area contributed by atoms with Crippen molar-refractivity contribution in [2.45, 2.75) is 13.3 Å². The summed E-state index contributed by atoms with van der Waals surface area (Å²) in [5.74, 6) is -0.178. The van der Waals surface area contributed by atoms with Gasteiger partial charge < -0.3 is 0 Å². The molecular formula is C14H13F. The molecule has 1 heteroatoms. The van der Waals surface area contributed by atoms with Gasteiger partial charge in [-0.05, 0) is 36.6 Å². The van der Waals surface area contributed by atoms with E-state index in [4.69, 9.17) is 0 Å². The van der Waals surface area contributed by atoms with E-state index in [1.54, 1.807) is 0 Å². The number of rotatable bonds is 2. The normalized spacial score (nSPS) is 10.3. The molecule has 2 rings (SSSR count). The van der Waals surface area contributed by atoms with Gasteiger partial charge in [-0.15, -0.1) is 0 Å². The molecule has 76 valence electrons. The van der Waals surface area contributed by atoms with Gasteiger partial charge >= 0.3 is 0 Å². The van der Waals surface area contributed by atoms with Crippen molar-refractivity contribution < 1.29 is 4.39 Å². The molecule has 0 radical (unpaired) electrons. The van der Waals surface area contributed by atoms with Gasteiger partial charge in [0.2, 0.25) is 0 Å². The molecule has 0 aliphatic rings. The lowest BCUT2D eigenvalue weighted by molar-refractivity contribution is 0.627. The summed E-state index contributed by atoms with van der Waals surface area (Å²) >= 11 is 0. The second-order valence-corrected chi connectivity index (χ2v) is 3.79. The molecule has 0 saturated heterocycles. The van der Waals surface area contributed by atoms with Crippen LogP contribution in [0.2, 0.25) is 0 Å². The largest absolute Gasteiger partial charge is 0.207 e. The first kappa shape index (κ1) is 9.91. The van der Waals surface area contributed by atoms with Crippen LogP contribution in [0.4, 0.5) is 4.39 Å². The molecule has 2 aromatic rings. The van der Waals surface area contributed by atoms with Crippen molar-refractivity contribution >= 4 is 0 Å². The Balaban J connectivity index is 2.18. The van der Waals surface area contributed by atoms with Crippen molar-refractivity contribution in [3.8, 4) is 0 Å². The van der Waals surface area contributed by atoms with E-state index in [0.29, 0.717) is 0 Å². The molecule has 0 fully saturated rings. The molecule has 0 N–H and O–H groups in total. The maximum absolute atomic E-state index is 12.7. The number of aryl methyl sites for hydroxylation is 1. The van der Waals surface area contributed by atoms with E-state index < -0.39 is 0 Å². The quantitative estimate of drug-likeness (QED) is 0.693. The molecule has 0 saturated carbocycles. The lowest BCUT2D eigenvalue weighted by Gasteiger charge is -2.02. The molecule has 0 aliphatic heterocycles. The Kier molecular flexibility index (Phi) is 2.82.